The Morgan fingerprint density at radius 3 is 3.15 bits per heavy atom. The fourth-order valence-corrected chi connectivity index (χ4v) is 1.62. The third-order valence-electron chi connectivity index (χ3n) is 1.99. The van der Waals surface area contributed by atoms with E-state index in [4.69, 9.17) is 16.3 Å². The van der Waals surface area contributed by atoms with Gasteiger partial charge in [-0.3, -0.25) is 4.99 Å². The number of fused-ring (bicyclic) bond motifs is 1. The lowest BCUT2D eigenvalue weighted by Gasteiger charge is -2.07. The summed E-state index contributed by atoms with van der Waals surface area (Å²) in [5, 5.41) is 0.672. The van der Waals surface area contributed by atoms with E-state index < -0.39 is 0 Å². The van der Waals surface area contributed by atoms with Crippen molar-refractivity contribution in [1.29, 1.82) is 0 Å². The fourth-order valence-electron chi connectivity index (χ4n) is 1.38. The van der Waals surface area contributed by atoms with Crippen LogP contribution in [-0.2, 0) is 6.54 Å². The monoisotopic (exact) mass is 195 g/mol. The Morgan fingerprint density at radius 2 is 2.38 bits per heavy atom. The zero-order valence-corrected chi connectivity index (χ0v) is 8.14. The summed E-state index contributed by atoms with van der Waals surface area (Å²) in [5.41, 5.74) is 2.29. The van der Waals surface area contributed by atoms with E-state index in [1.807, 2.05) is 25.3 Å². The average molecular weight is 196 g/mol. The van der Waals surface area contributed by atoms with E-state index in [0.29, 0.717) is 11.6 Å². The first-order valence-corrected chi connectivity index (χ1v) is 4.64. The molecule has 1 aliphatic rings. The Morgan fingerprint density at radius 1 is 1.54 bits per heavy atom. The minimum absolute atomic E-state index is 0.635. The summed E-state index contributed by atoms with van der Waals surface area (Å²) >= 11 is 6.01. The largest absolute Gasteiger partial charge is 0.492 e. The SMILES string of the molecule is CCOc1cc2c(cc1Cl)CN=C2. The second-order valence-electron chi connectivity index (χ2n) is 2.88. The Hall–Kier alpha value is -1.02. The molecule has 0 atom stereocenters. The molecule has 0 saturated carbocycles. The molecule has 0 aromatic heterocycles. The molecule has 0 aliphatic carbocycles. The maximum Gasteiger partial charge on any atom is 0.138 e. The smallest absolute Gasteiger partial charge is 0.138 e. The van der Waals surface area contributed by atoms with Gasteiger partial charge in [-0.05, 0) is 24.6 Å². The van der Waals surface area contributed by atoms with Crippen LogP contribution < -0.4 is 4.74 Å². The molecule has 0 spiro atoms. The molecule has 0 fully saturated rings. The predicted octanol–water partition coefficient (Wildman–Crippen LogP) is 2.67. The quantitative estimate of drug-likeness (QED) is 0.711. The van der Waals surface area contributed by atoms with Crippen molar-refractivity contribution in [3.63, 3.8) is 0 Å². The van der Waals surface area contributed by atoms with Crippen molar-refractivity contribution in [2.45, 2.75) is 13.5 Å². The highest BCUT2D eigenvalue weighted by Gasteiger charge is 2.10. The molecule has 3 heteroatoms. The van der Waals surface area contributed by atoms with Crippen LogP contribution in [-0.4, -0.2) is 12.8 Å². The molecule has 0 N–H and O–H groups in total. The number of hydrogen-bond acceptors (Lipinski definition) is 2. The molecular formula is C10H10ClNO. The first-order chi connectivity index (χ1) is 6.31. The second-order valence-corrected chi connectivity index (χ2v) is 3.29. The summed E-state index contributed by atoms with van der Waals surface area (Å²) in [6.45, 7) is 3.31. The molecule has 0 saturated heterocycles. The topological polar surface area (TPSA) is 21.6 Å². The molecule has 0 bridgehead atoms. The molecule has 2 nitrogen and oxygen atoms in total. The summed E-state index contributed by atoms with van der Waals surface area (Å²) in [5.74, 6) is 0.747. The van der Waals surface area contributed by atoms with Crippen molar-refractivity contribution in [1.82, 2.24) is 0 Å². The van der Waals surface area contributed by atoms with Crippen LogP contribution in [0.3, 0.4) is 0 Å². The molecule has 13 heavy (non-hydrogen) atoms. The highest BCUT2D eigenvalue weighted by Crippen LogP contribution is 2.29. The highest BCUT2D eigenvalue weighted by atomic mass is 35.5. The first-order valence-electron chi connectivity index (χ1n) is 4.26. The summed E-state index contributed by atoms with van der Waals surface area (Å²) in [6, 6.07) is 3.87. The maximum absolute atomic E-state index is 6.01. The number of ether oxygens (including phenoxy) is 1. The van der Waals surface area contributed by atoms with Gasteiger partial charge in [0.1, 0.15) is 5.75 Å². The van der Waals surface area contributed by atoms with Crippen LogP contribution >= 0.6 is 11.6 Å². The molecule has 2 rings (SSSR count). The van der Waals surface area contributed by atoms with Gasteiger partial charge in [0, 0.05) is 11.8 Å². The number of halogens is 1. The lowest BCUT2D eigenvalue weighted by atomic mass is 10.1. The van der Waals surface area contributed by atoms with Crippen molar-refractivity contribution in [3.05, 3.63) is 28.3 Å². The molecule has 0 unspecified atom stereocenters. The van der Waals surface area contributed by atoms with Crippen molar-refractivity contribution in [3.8, 4) is 5.75 Å². The molecule has 1 aliphatic heterocycles. The van der Waals surface area contributed by atoms with Crippen molar-refractivity contribution in [2.24, 2.45) is 4.99 Å². The third kappa shape index (κ3) is 1.54. The number of rotatable bonds is 2. The zero-order chi connectivity index (χ0) is 9.26. The molecule has 0 amide bonds. The minimum Gasteiger partial charge on any atom is -0.492 e. The van der Waals surface area contributed by atoms with E-state index in [0.717, 1.165) is 17.9 Å². The minimum atomic E-state index is 0.635. The number of nitrogens with zero attached hydrogens (tertiary/aromatic N) is 1. The van der Waals surface area contributed by atoms with E-state index >= 15 is 0 Å². The van der Waals surface area contributed by atoms with Crippen molar-refractivity contribution >= 4 is 17.8 Å². The standard InChI is InChI=1S/C10H10ClNO/c1-2-13-10-4-8-6-12-5-7(8)3-9(10)11/h3-4,6H,2,5H2,1H3. The Labute approximate surface area is 82.2 Å². The van der Waals surface area contributed by atoms with Gasteiger partial charge in [-0.1, -0.05) is 11.6 Å². The highest BCUT2D eigenvalue weighted by molar-refractivity contribution is 6.32. The van der Waals surface area contributed by atoms with Gasteiger partial charge in [0.15, 0.2) is 0 Å². The Bertz CT molecular complexity index is 360. The van der Waals surface area contributed by atoms with Crippen LogP contribution in [0.1, 0.15) is 18.1 Å². The number of benzene rings is 1. The fraction of sp³-hybridized carbons (Fsp3) is 0.300. The Balaban J connectivity index is 2.41. The van der Waals surface area contributed by atoms with E-state index in [-0.39, 0.29) is 0 Å². The molecule has 1 aromatic carbocycles. The van der Waals surface area contributed by atoms with Crippen LogP contribution in [0.5, 0.6) is 5.75 Å². The summed E-state index contributed by atoms with van der Waals surface area (Å²) in [4.78, 5) is 4.15. The van der Waals surface area contributed by atoms with Gasteiger partial charge < -0.3 is 4.74 Å². The van der Waals surface area contributed by atoms with Gasteiger partial charge in [0.25, 0.3) is 0 Å². The molecule has 1 aromatic rings. The van der Waals surface area contributed by atoms with Crippen molar-refractivity contribution < 1.29 is 4.74 Å². The van der Waals surface area contributed by atoms with E-state index in [1.54, 1.807) is 0 Å². The molecular weight excluding hydrogens is 186 g/mol. The van der Waals surface area contributed by atoms with Gasteiger partial charge in [0.05, 0.1) is 18.2 Å². The molecule has 68 valence electrons. The van der Waals surface area contributed by atoms with E-state index in [2.05, 4.69) is 4.99 Å². The summed E-state index contributed by atoms with van der Waals surface area (Å²) in [7, 11) is 0. The van der Waals surface area contributed by atoms with Crippen LogP contribution in [0.2, 0.25) is 5.02 Å². The van der Waals surface area contributed by atoms with E-state index in [1.165, 1.54) is 5.56 Å². The predicted molar refractivity (Wildman–Crippen MR) is 53.9 cm³/mol. The third-order valence-corrected chi connectivity index (χ3v) is 2.28. The van der Waals surface area contributed by atoms with Gasteiger partial charge in [-0.15, -0.1) is 0 Å². The lowest BCUT2D eigenvalue weighted by molar-refractivity contribution is 0.340. The number of hydrogen-bond donors (Lipinski definition) is 0. The second kappa shape index (κ2) is 3.38. The maximum atomic E-state index is 6.01. The van der Waals surface area contributed by atoms with Gasteiger partial charge in [0.2, 0.25) is 0 Å². The zero-order valence-electron chi connectivity index (χ0n) is 7.38. The van der Waals surface area contributed by atoms with E-state index in [9.17, 15) is 0 Å². The van der Waals surface area contributed by atoms with Crippen LogP contribution in [0, 0.1) is 0 Å². The first kappa shape index (κ1) is 8.57. The van der Waals surface area contributed by atoms with Gasteiger partial charge >= 0.3 is 0 Å². The summed E-state index contributed by atoms with van der Waals surface area (Å²) in [6.07, 6.45) is 1.86. The van der Waals surface area contributed by atoms with Gasteiger partial charge in [-0.2, -0.15) is 0 Å². The van der Waals surface area contributed by atoms with Crippen LogP contribution in [0.25, 0.3) is 0 Å². The van der Waals surface area contributed by atoms with Gasteiger partial charge in [-0.25, -0.2) is 0 Å². The molecule has 0 radical (unpaired) electrons. The normalized spacial score (nSPS) is 13.1. The average Bonchev–Trinajstić information content (AvgIpc) is 2.52. The number of aliphatic imine (C=N–C) groups is 1. The Kier molecular flexibility index (Phi) is 2.23. The van der Waals surface area contributed by atoms with Crippen molar-refractivity contribution in [2.75, 3.05) is 6.61 Å². The van der Waals surface area contributed by atoms with Crippen LogP contribution in [0.4, 0.5) is 0 Å². The summed E-state index contributed by atoms with van der Waals surface area (Å²) < 4.78 is 5.37. The lowest BCUT2D eigenvalue weighted by Crippen LogP contribution is -1.94. The molecule has 1 heterocycles. The van der Waals surface area contributed by atoms with Crippen LogP contribution in [0.15, 0.2) is 17.1 Å².